The van der Waals surface area contributed by atoms with Crippen LogP contribution in [0.1, 0.15) is 57.7 Å². The predicted octanol–water partition coefficient (Wildman–Crippen LogP) is 6.89. The van der Waals surface area contributed by atoms with Crippen molar-refractivity contribution in [1.29, 1.82) is 0 Å². The first kappa shape index (κ1) is 21.7. The molecule has 3 rings (SSSR count). The first-order valence-corrected chi connectivity index (χ1v) is 9.51. The molecule has 26 heavy (non-hydrogen) atoms. The molecule has 1 heterocycles. The predicted molar refractivity (Wildman–Crippen MR) is 118 cm³/mol. The largest absolute Gasteiger partial charge is 0.399 e. The molecule has 0 aliphatic carbocycles. The summed E-state index contributed by atoms with van der Waals surface area (Å²) in [4.78, 5) is 4.67. The number of fused-ring (bicyclic) bond motifs is 1. The lowest BCUT2D eigenvalue weighted by Gasteiger charge is -2.00. The lowest BCUT2D eigenvalue weighted by Crippen LogP contribution is -2.00. The van der Waals surface area contributed by atoms with E-state index in [2.05, 4.69) is 70.0 Å². The Balaban J connectivity index is 0.000000317. The maximum absolute atomic E-state index is 5.69. The molecule has 2 N–H and O–H groups in total. The second-order valence-corrected chi connectivity index (χ2v) is 7.20. The number of hydrogen-bond donors (Lipinski definition) is 1. The normalized spacial score (nSPS) is 12.0. The number of aliphatic imine (C=N–C) groups is 1. The molecule has 1 aliphatic rings. The van der Waals surface area contributed by atoms with Crippen LogP contribution in [-0.4, -0.2) is 5.71 Å². The number of nitrogen functional groups attached to an aromatic ring is 1. The monoisotopic (exact) mass is 350 g/mol. The molecule has 0 saturated carbocycles. The Labute approximate surface area is 159 Å². The van der Waals surface area contributed by atoms with Crippen LogP contribution in [0.15, 0.2) is 59.6 Å². The second-order valence-electron chi connectivity index (χ2n) is 7.20. The van der Waals surface area contributed by atoms with E-state index in [1.807, 2.05) is 31.2 Å². The summed E-state index contributed by atoms with van der Waals surface area (Å²) in [5.74, 6) is 0.833. The Hall–Kier alpha value is -2.35. The molecule has 0 fully saturated rings. The number of nitrogens with zero attached hydrogens (tertiary/aromatic N) is 1. The Morgan fingerprint density at radius 3 is 2.19 bits per heavy atom. The summed E-state index contributed by atoms with van der Waals surface area (Å²) < 4.78 is 0. The van der Waals surface area contributed by atoms with Gasteiger partial charge in [0.25, 0.3) is 0 Å². The third-order valence-corrected chi connectivity index (χ3v) is 3.56. The van der Waals surface area contributed by atoms with Gasteiger partial charge in [-0.15, -0.1) is 0 Å². The molecular formula is C24H34N2. The quantitative estimate of drug-likeness (QED) is 0.465. The van der Waals surface area contributed by atoms with E-state index in [0.717, 1.165) is 41.4 Å². The number of benzene rings is 2. The first-order valence-electron chi connectivity index (χ1n) is 9.51. The summed E-state index contributed by atoms with van der Waals surface area (Å²) in [6.45, 7) is 12.8. The molecule has 2 aromatic carbocycles. The van der Waals surface area contributed by atoms with Crippen molar-refractivity contribution < 1.29 is 0 Å². The molecule has 0 bridgehead atoms. The van der Waals surface area contributed by atoms with Crippen molar-refractivity contribution in [1.82, 2.24) is 0 Å². The van der Waals surface area contributed by atoms with Crippen molar-refractivity contribution in [3.63, 3.8) is 0 Å². The van der Waals surface area contributed by atoms with Crippen molar-refractivity contribution in [2.24, 2.45) is 10.9 Å². The molecule has 0 spiro atoms. The Kier molecular flexibility index (Phi) is 9.43. The average Bonchev–Trinajstić information content (AvgIpc) is 2.99. The van der Waals surface area contributed by atoms with Crippen LogP contribution in [0.3, 0.4) is 0 Å². The molecule has 0 unspecified atom stereocenters. The van der Waals surface area contributed by atoms with Gasteiger partial charge < -0.3 is 5.73 Å². The second kappa shape index (κ2) is 11.3. The lowest BCUT2D eigenvalue weighted by molar-refractivity contribution is 0.737. The number of allylic oxidation sites excluding steroid dienone is 2. The smallest absolute Gasteiger partial charge is 0.0669 e. The minimum atomic E-state index is 0.792. The van der Waals surface area contributed by atoms with Crippen molar-refractivity contribution in [2.45, 2.75) is 54.4 Å². The van der Waals surface area contributed by atoms with Crippen LogP contribution in [0.4, 0.5) is 11.4 Å². The molecular weight excluding hydrogens is 316 g/mol. The molecule has 2 aromatic rings. The van der Waals surface area contributed by atoms with Crippen LogP contribution >= 0.6 is 0 Å². The molecule has 2 heteroatoms. The van der Waals surface area contributed by atoms with E-state index in [4.69, 9.17) is 5.73 Å². The van der Waals surface area contributed by atoms with Gasteiger partial charge in [-0.25, -0.2) is 0 Å². The molecule has 0 amide bonds. The van der Waals surface area contributed by atoms with E-state index >= 15 is 0 Å². The number of rotatable bonds is 2. The molecule has 2 nitrogen and oxygen atoms in total. The highest BCUT2D eigenvalue weighted by molar-refractivity contribution is 6.06. The van der Waals surface area contributed by atoms with E-state index in [0.29, 0.717) is 0 Å². The molecule has 0 aromatic heterocycles. The van der Waals surface area contributed by atoms with Crippen molar-refractivity contribution in [3.8, 4) is 0 Å². The van der Waals surface area contributed by atoms with Crippen molar-refractivity contribution in [2.75, 3.05) is 5.73 Å². The van der Waals surface area contributed by atoms with E-state index < -0.39 is 0 Å². The third-order valence-electron chi connectivity index (χ3n) is 3.56. The van der Waals surface area contributed by atoms with Gasteiger partial charge in [0.05, 0.1) is 11.4 Å². The number of anilines is 1. The summed E-state index contributed by atoms with van der Waals surface area (Å²) in [5, 5.41) is 0. The SMILES string of the molecule is C/C=C\CC.CC(C)C.Cc1ccc2c(c1)CC(c1ccc(N)cc1)=N2. The minimum absolute atomic E-state index is 0.792. The highest BCUT2D eigenvalue weighted by Crippen LogP contribution is 2.29. The Morgan fingerprint density at radius 2 is 1.69 bits per heavy atom. The van der Waals surface area contributed by atoms with Gasteiger partial charge in [0.2, 0.25) is 0 Å². The molecule has 0 atom stereocenters. The van der Waals surface area contributed by atoms with Gasteiger partial charge in [-0.05, 0) is 55.5 Å². The lowest BCUT2D eigenvalue weighted by atomic mass is 10.0. The van der Waals surface area contributed by atoms with Gasteiger partial charge in [-0.2, -0.15) is 0 Å². The van der Waals surface area contributed by atoms with Gasteiger partial charge in [0.1, 0.15) is 0 Å². The highest BCUT2D eigenvalue weighted by atomic mass is 14.8. The summed E-state index contributed by atoms with van der Waals surface area (Å²) in [6.07, 6.45) is 6.26. The molecule has 0 saturated heterocycles. The summed E-state index contributed by atoms with van der Waals surface area (Å²) >= 11 is 0. The number of nitrogens with two attached hydrogens (primary N) is 1. The maximum atomic E-state index is 5.69. The molecule has 140 valence electrons. The van der Waals surface area contributed by atoms with Crippen LogP contribution in [0.25, 0.3) is 0 Å². The first-order chi connectivity index (χ1) is 12.4. The third kappa shape index (κ3) is 7.69. The Morgan fingerprint density at radius 1 is 1.08 bits per heavy atom. The fourth-order valence-electron chi connectivity index (χ4n) is 2.41. The standard InChI is InChI=1S/C15H14N2.C5H10.C4H10/c1-10-2-7-14-12(8-10)9-15(17-14)11-3-5-13(16)6-4-11;1-3-5-4-2;1-4(2)3/h2-8H,9,16H2,1H3;3,5H,4H2,1-2H3;4H,1-3H3/b;5-3-;. The topological polar surface area (TPSA) is 38.4 Å². The minimum Gasteiger partial charge on any atom is -0.399 e. The fourth-order valence-corrected chi connectivity index (χ4v) is 2.41. The summed E-state index contributed by atoms with van der Waals surface area (Å²) in [6, 6.07) is 14.3. The molecule has 0 radical (unpaired) electrons. The fraction of sp³-hybridized carbons (Fsp3) is 0.375. The van der Waals surface area contributed by atoms with Crippen molar-refractivity contribution in [3.05, 3.63) is 71.3 Å². The van der Waals surface area contributed by atoms with Crippen molar-refractivity contribution >= 4 is 17.1 Å². The zero-order chi connectivity index (χ0) is 19.5. The van der Waals surface area contributed by atoms with E-state index in [-0.39, 0.29) is 0 Å². The van der Waals surface area contributed by atoms with Gasteiger partial charge in [-0.1, -0.05) is 69.7 Å². The zero-order valence-corrected chi connectivity index (χ0v) is 17.2. The van der Waals surface area contributed by atoms with Crippen LogP contribution in [0.5, 0.6) is 0 Å². The van der Waals surface area contributed by atoms with E-state index in [9.17, 15) is 0 Å². The summed E-state index contributed by atoms with van der Waals surface area (Å²) in [5.41, 5.74) is 12.5. The zero-order valence-electron chi connectivity index (χ0n) is 17.2. The number of hydrogen-bond acceptors (Lipinski definition) is 2. The van der Waals surface area contributed by atoms with Gasteiger partial charge >= 0.3 is 0 Å². The Bertz CT molecular complexity index is 720. The van der Waals surface area contributed by atoms with Crippen LogP contribution in [0.2, 0.25) is 0 Å². The molecule has 1 aliphatic heterocycles. The number of aryl methyl sites for hydroxylation is 1. The van der Waals surface area contributed by atoms with Gasteiger partial charge in [0.15, 0.2) is 0 Å². The van der Waals surface area contributed by atoms with Gasteiger partial charge in [-0.3, -0.25) is 4.99 Å². The highest BCUT2D eigenvalue weighted by Gasteiger charge is 2.15. The van der Waals surface area contributed by atoms with Crippen LogP contribution in [-0.2, 0) is 6.42 Å². The average molecular weight is 351 g/mol. The van der Waals surface area contributed by atoms with E-state index in [1.165, 1.54) is 11.1 Å². The van der Waals surface area contributed by atoms with Crippen LogP contribution < -0.4 is 5.73 Å². The maximum Gasteiger partial charge on any atom is 0.0669 e. The summed E-state index contributed by atoms with van der Waals surface area (Å²) in [7, 11) is 0. The van der Waals surface area contributed by atoms with Gasteiger partial charge in [0, 0.05) is 12.1 Å². The van der Waals surface area contributed by atoms with Crippen LogP contribution in [0, 0.1) is 12.8 Å². The van der Waals surface area contributed by atoms with E-state index in [1.54, 1.807) is 0 Å².